The molecule has 0 aliphatic carbocycles. The average molecular weight is 1070 g/mol. The number of hydrogen-bond acceptors (Lipinski definition) is 4. The Hall–Kier alpha value is -3.12. The number of phenols is 2. The van der Waals surface area contributed by atoms with Gasteiger partial charge in [-0.25, -0.2) is 0 Å². The Morgan fingerprint density at radius 2 is 0.692 bits per heavy atom. The van der Waals surface area contributed by atoms with Gasteiger partial charge in [0.1, 0.15) is 23.0 Å². The molecule has 4 nitrogen and oxygen atoms in total. The van der Waals surface area contributed by atoms with Crippen molar-refractivity contribution < 1.29 is 19.7 Å². The summed E-state index contributed by atoms with van der Waals surface area (Å²) in [6.45, 7) is 0.212. The van der Waals surface area contributed by atoms with E-state index in [9.17, 15) is 10.2 Å². The molecule has 1 aliphatic rings. The predicted molar refractivity (Wildman–Crippen MR) is 237 cm³/mol. The second-order valence-corrected chi connectivity index (χ2v) is 18.1. The van der Waals surface area contributed by atoms with Crippen LogP contribution in [0.4, 0.5) is 0 Å². The molecule has 0 amide bonds. The number of fused-ring (bicyclic) bond motifs is 9. The van der Waals surface area contributed by atoms with Crippen LogP contribution in [0, 0.1) is 0 Å². The van der Waals surface area contributed by atoms with E-state index in [4.69, 9.17) is 9.47 Å². The molecule has 0 unspecified atom stereocenters. The van der Waals surface area contributed by atoms with E-state index in [2.05, 4.69) is 144 Å². The van der Waals surface area contributed by atoms with E-state index in [0.29, 0.717) is 11.1 Å². The topological polar surface area (TPSA) is 58.9 Å². The molecule has 0 spiro atoms. The number of benzene rings is 8. The number of alkyl halides is 2. The van der Waals surface area contributed by atoms with Crippen LogP contribution >= 0.6 is 95.6 Å². The lowest BCUT2D eigenvalue weighted by Crippen LogP contribution is -2.03. The highest BCUT2D eigenvalue weighted by molar-refractivity contribution is 9.24. The molecule has 260 valence electrons. The molecule has 0 aromatic heterocycles. The van der Waals surface area contributed by atoms with Gasteiger partial charge in [0.05, 0.1) is 4.24 Å². The first-order valence-corrected chi connectivity index (χ1v) is 21.2. The van der Waals surface area contributed by atoms with Crippen molar-refractivity contribution >= 4 is 139 Å². The Kier molecular flexibility index (Phi) is 11.5. The summed E-state index contributed by atoms with van der Waals surface area (Å²) in [5, 5.41) is 29.5. The lowest BCUT2D eigenvalue weighted by molar-refractivity contribution is 0.125. The highest BCUT2D eigenvalue weighted by Crippen LogP contribution is 2.48. The number of hydrogen-bond donors (Lipinski definition) is 2. The summed E-state index contributed by atoms with van der Waals surface area (Å²) in [5.74, 6) is 2.00. The van der Waals surface area contributed by atoms with E-state index in [0.717, 1.165) is 77.1 Å². The number of aromatic hydroxyl groups is 2. The zero-order chi connectivity index (χ0) is 36.5. The lowest BCUT2D eigenvalue weighted by atomic mass is 9.92. The van der Waals surface area contributed by atoms with Gasteiger partial charge in [-0.1, -0.05) is 144 Å². The number of rotatable bonds is 1. The van der Waals surface area contributed by atoms with Gasteiger partial charge in [-0.3, -0.25) is 0 Å². The standard InChI is InChI=1S/C21H12Br2O2.C20H12Br2O2.CH2Br2/c22-14-3-5-16-12(9-14)1-7-18-20(16)21-17-6-4-15(23)10-13(17)2-8-19(21)25-11-24-18;21-13-3-5-15-11(9-13)1-7-17(23)19(15)20-16-6-4-14(22)10-12(16)2-8-18(20)24;2-1-3/h1-10H,11H2;1-10,23-24H;1H2. The summed E-state index contributed by atoms with van der Waals surface area (Å²) >= 11 is 20.2. The Morgan fingerprint density at radius 1 is 0.404 bits per heavy atom. The summed E-state index contributed by atoms with van der Waals surface area (Å²) in [5.41, 5.74) is 3.46. The third kappa shape index (κ3) is 7.48. The zero-order valence-electron chi connectivity index (χ0n) is 26.9. The summed E-state index contributed by atoms with van der Waals surface area (Å²) in [4.78, 5) is 0. The Labute approximate surface area is 350 Å². The van der Waals surface area contributed by atoms with E-state index < -0.39 is 0 Å². The van der Waals surface area contributed by atoms with Gasteiger partial charge in [-0.15, -0.1) is 0 Å². The quantitative estimate of drug-likeness (QED) is 0.161. The fourth-order valence-electron chi connectivity index (χ4n) is 6.58. The molecule has 0 bridgehead atoms. The molecule has 1 heterocycles. The van der Waals surface area contributed by atoms with Gasteiger partial charge >= 0.3 is 0 Å². The van der Waals surface area contributed by atoms with E-state index >= 15 is 0 Å². The van der Waals surface area contributed by atoms with Gasteiger partial charge in [0.15, 0.2) is 0 Å². The summed E-state index contributed by atoms with van der Waals surface area (Å²) < 4.78 is 16.7. The van der Waals surface area contributed by atoms with Crippen molar-refractivity contribution in [3.8, 4) is 45.3 Å². The van der Waals surface area contributed by atoms with Crippen molar-refractivity contribution in [2.24, 2.45) is 0 Å². The van der Waals surface area contributed by atoms with Crippen molar-refractivity contribution in [1.29, 1.82) is 0 Å². The normalized spacial score (nSPS) is 11.7. The minimum atomic E-state index is 0.149. The Balaban J connectivity index is 0.000000151. The van der Waals surface area contributed by atoms with Crippen LogP contribution in [-0.2, 0) is 0 Å². The molecule has 1 aliphatic heterocycles. The zero-order valence-corrected chi connectivity index (χ0v) is 36.5. The molecule has 8 aromatic carbocycles. The molecule has 0 fully saturated rings. The van der Waals surface area contributed by atoms with E-state index in [1.165, 1.54) is 10.8 Å². The Morgan fingerprint density at radius 3 is 1.02 bits per heavy atom. The molecule has 8 aromatic rings. The van der Waals surface area contributed by atoms with Crippen LogP contribution in [-0.4, -0.2) is 21.2 Å². The fraction of sp³-hybridized carbons (Fsp3) is 0.0476. The van der Waals surface area contributed by atoms with E-state index in [1.54, 1.807) is 12.1 Å². The van der Waals surface area contributed by atoms with Gasteiger partial charge < -0.3 is 19.7 Å². The first kappa shape index (κ1) is 37.2. The molecule has 10 heteroatoms. The molecule has 52 heavy (non-hydrogen) atoms. The smallest absolute Gasteiger partial charge is 0.230 e. The second kappa shape index (κ2) is 16.1. The largest absolute Gasteiger partial charge is 0.507 e. The van der Waals surface area contributed by atoms with E-state index in [-0.39, 0.29) is 18.3 Å². The molecule has 9 rings (SSSR count). The Bertz CT molecular complexity index is 2460. The van der Waals surface area contributed by atoms with Crippen LogP contribution in [0.5, 0.6) is 23.0 Å². The first-order chi connectivity index (χ1) is 25.2. The highest BCUT2D eigenvalue weighted by atomic mass is 79.9. The van der Waals surface area contributed by atoms with Crippen LogP contribution in [0.3, 0.4) is 0 Å². The highest BCUT2D eigenvalue weighted by Gasteiger charge is 2.22. The van der Waals surface area contributed by atoms with Gasteiger partial charge in [0.25, 0.3) is 0 Å². The summed E-state index contributed by atoms with van der Waals surface area (Å²) in [6.07, 6.45) is 0. The first-order valence-electron chi connectivity index (χ1n) is 15.8. The maximum absolute atomic E-state index is 10.5. The third-order valence-corrected chi connectivity index (χ3v) is 10.7. The molecular weight excluding hydrogens is 1050 g/mol. The maximum Gasteiger partial charge on any atom is 0.230 e. The predicted octanol–water partition coefficient (Wildman–Crippen LogP) is 15.2. The minimum absolute atomic E-state index is 0.149. The number of ether oxygens (including phenoxy) is 2. The molecule has 0 atom stereocenters. The molecular formula is C42H26Br6O4. The summed E-state index contributed by atoms with van der Waals surface area (Å²) in [7, 11) is 0. The molecule has 0 saturated carbocycles. The second-order valence-electron chi connectivity index (χ2n) is 11.8. The van der Waals surface area contributed by atoms with Gasteiger partial charge in [-0.05, 0) is 116 Å². The van der Waals surface area contributed by atoms with Gasteiger partial charge in [-0.2, -0.15) is 0 Å². The SMILES string of the molecule is BrCBr.Brc1ccc2c3c(ccc2c1)OCOc1ccc2cc(Br)ccc2c1-3.Oc1ccc2cc(Br)ccc2c1-c1c(O)ccc2cc(Br)ccc12. The fourth-order valence-corrected chi connectivity index (χ4v) is 8.09. The summed E-state index contributed by atoms with van der Waals surface area (Å²) in [6, 6.07) is 39.7. The third-order valence-electron chi connectivity index (χ3n) is 8.74. The van der Waals surface area contributed by atoms with Crippen LogP contribution in [0.1, 0.15) is 0 Å². The van der Waals surface area contributed by atoms with Crippen molar-refractivity contribution in [2.45, 2.75) is 0 Å². The van der Waals surface area contributed by atoms with Crippen molar-refractivity contribution in [3.05, 3.63) is 139 Å². The van der Waals surface area contributed by atoms with E-state index in [1.807, 2.05) is 60.7 Å². The minimum Gasteiger partial charge on any atom is -0.507 e. The van der Waals surface area contributed by atoms with Crippen LogP contribution in [0.2, 0.25) is 0 Å². The van der Waals surface area contributed by atoms with Crippen molar-refractivity contribution in [3.63, 3.8) is 0 Å². The molecule has 0 radical (unpaired) electrons. The van der Waals surface area contributed by atoms with Crippen LogP contribution < -0.4 is 9.47 Å². The number of halogens is 6. The average Bonchev–Trinajstić information content (AvgIpc) is 3.32. The lowest BCUT2D eigenvalue weighted by Gasteiger charge is -2.14. The van der Waals surface area contributed by atoms with Crippen molar-refractivity contribution in [2.75, 3.05) is 11.0 Å². The molecule has 0 saturated heterocycles. The maximum atomic E-state index is 10.5. The van der Waals surface area contributed by atoms with Gasteiger partial charge in [0, 0.05) is 40.1 Å². The van der Waals surface area contributed by atoms with Crippen LogP contribution in [0.15, 0.2) is 139 Å². The molecule has 2 N–H and O–H groups in total. The van der Waals surface area contributed by atoms with Crippen LogP contribution in [0.25, 0.3) is 65.3 Å². The van der Waals surface area contributed by atoms with Gasteiger partial charge in [0.2, 0.25) is 6.79 Å². The monoisotopic (exact) mass is 1070 g/mol. The number of phenolic OH excluding ortho intramolecular Hbond substituents is 2. The van der Waals surface area contributed by atoms with Crippen molar-refractivity contribution in [1.82, 2.24) is 0 Å².